The maximum absolute atomic E-state index is 5.81. The van der Waals surface area contributed by atoms with Crippen LogP contribution in [-0.2, 0) is 7.05 Å². The Morgan fingerprint density at radius 1 is 1.64 bits per heavy atom. The first-order valence-electron chi connectivity index (χ1n) is 5.13. The molecule has 1 aromatic rings. The number of aromatic nitrogens is 2. The molecule has 1 aliphatic rings. The van der Waals surface area contributed by atoms with Gasteiger partial charge in [0, 0.05) is 37.9 Å². The molecule has 4 heteroatoms. The van der Waals surface area contributed by atoms with E-state index in [1.807, 2.05) is 19.4 Å². The van der Waals surface area contributed by atoms with Gasteiger partial charge in [-0.15, -0.1) is 11.6 Å². The number of aryl methyl sites for hydroxylation is 1. The van der Waals surface area contributed by atoms with Crippen LogP contribution in [0.15, 0.2) is 12.4 Å². The zero-order valence-electron chi connectivity index (χ0n) is 8.49. The van der Waals surface area contributed by atoms with Crippen molar-refractivity contribution in [3.8, 4) is 0 Å². The number of nitrogens with zero attached hydrogens (tertiary/aromatic N) is 3. The van der Waals surface area contributed by atoms with Gasteiger partial charge in [0.1, 0.15) is 0 Å². The van der Waals surface area contributed by atoms with Crippen molar-refractivity contribution >= 4 is 17.5 Å². The Morgan fingerprint density at radius 2 is 2.43 bits per heavy atom. The Hall–Kier alpha value is -0.700. The molecule has 0 radical (unpaired) electrons. The highest BCUT2D eigenvalue weighted by molar-refractivity contribution is 6.18. The van der Waals surface area contributed by atoms with Gasteiger partial charge in [0.05, 0.1) is 0 Å². The molecule has 0 bridgehead atoms. The van der Waals surface area contributed by atoms with Crippen molar-refractivity contribution in [1.29, 1.82) is 0 Å². The van der Waals surface area contributed by atoms with Crippen LogP contribution >= 0.6 is 11.6 Å². The molecule has 1 aromatic heterocycles. The average Bonchev–Trinajstić information content (AvgIpc) is 2.47. The van der Waals surface area contributed by atoms with Gasteiger partial charge in [-0.05, 0) is 19.3 Å². The summed E-state index contributed by atoms with van der Waals surface area (Å²) in [6, 6.07) is 0.662. The van der Waals surface area contributed by atoms with Crippen LogP contribution in [0.1, 0.15) is 19.3 Å². The fourth-order valence-electron chi connectivity index (χ4n) is 1.87. The van der Waals surface area contributed by atoms with Crippen molar-refractivity contribution in [2.75, 3.05) is 17.3 Å². The molecule has 0 spiro atoms. The Morgan fingerprint density at radius 3 is 2.86 bits per heavy atom. The van der Waals surface area contributed by atoms with Gasteiger partial charge < -0.3 is 9.47 Å². The second-order valence-electron chi connectivity index (χ2n) is 3.81. The number of hydrogen-bond donors (Lipinski definition) is 0. The fraction of sp³-hybridized carbons (Fsp3) is 0.700. The highest BCUT2D eigenvalue weighted by atomic mass is 35.5. The minimum absolute atomic E-state index is 0.662. The predicted molar refractivity (Wildman–Crippen MR) is 58.9 cm³/mol. The van der Waals surface area contributed by atoms with E-state index in [2.05, 4.69) is 14.5 Å². The van der Waals surface area contributed by atoms with Gasteiger partial charge in [-0.25, -0.2) is 4.98 Å². The van der Waals surface area contributed by atoms with Crippen LogP contribution in [0.5, 0.6) is 0 Å². The van der Waals surface area contributed by atoms with Gasteiger partial charge in [0.25, 0.3) is 0 Å². The molecule has 0 atom stereocenters. The SMILES string of the molecule is Cn1ccnc1N(CCCl)C1CCC1. The van der Waals surface area contributed by atoms with E-state index in [1.54, 1.807) is 0 Å². The number of imidazole rings is 1. The molecule has 0 amide bonds. The third kappa shape index (κ3) is 1.73. The van der Waals surface area contributed by atoms with Crippen LogP contribution in [0.3, 0.4) is 0 Å². The molecular formula is C10H16ClN3. The van der Waals surface area contributed by atoms with Crippen molar-refractivity contribution in [3.05, 3.63) is 12.4 Å². The minimum atomic E-state index is 0.662. The second-order valence-corrected chi connectivity index (χ2v) is 4.18. The molecule has 0 aromatic carbocycles. The number of hydrogen-bond acceptors (Lipinski definition) is 2. The summed E-state index contributed by atoms with van der Waals surface area (Å²) >= 11 is 5.81. The van der Waals surface area contributed by atoms with Crippen LogP contribution in [0.2, 0.25) is 0 Å². The lowest BCUT2D eigenvalue weighted by molar-refractivity contribution is 0.384. The molecule has 1 fully saturated rings. The lowest BCUT2D eigenvalue weighted by atomic mass is 9.92. The fourth-order valence-corrected chi connectivity index (χ4v) is 2.05. The van der Waals surface area contributed by atoms with Crippen LogP contribution in [0.4, 0.5) is 5.95 Å². The van der Waals surface area contributed by atoms with E-state index in [9.17, 15) is 0 Å². The minimum Gasteiger partial charge on any atom is -0.338 e. The molecular weight excluding hydrogens is 198 g/mol. The maximum Gasteiger partial charge on any atom is 0.205 e. The monoisotopic (exact) mass is 213 g/mol. The largest absolute Gasteiger partial charge is 0.338 e. The molecule has 0 aliphatic heterocycles. The molecule has 14 heavy (non-hydrogen) atoms. The van der Waals surface area contributed by atoms with Crippen LogP contribution in [0, 0.1) is 0 Å². The first kappa shape index (κ1) is 9.84. The first-order chi connectivity index (χ1) is 6.83. The Bertz CT molecular complexity index is 293. The average molecular weight is 214 g/mol. The summed E-state index contributed by atoms with van der Waals surface area (Å²) in [5.41, 5.74) is 0. The number of rotatable bonds is 4. The molecule has 0 N–H and O–H groups in total. The number of alkyl halides is 1. The summed E-state index contributed by atoms with van der Waals surface area (Å²) in [5, 5.41) is 0. The van der Waals surface area contributed by atoms with Crippen molar-refractivity contribution in [2.24, 2.45) is 7.05 Å². The van der Waals surface area contributed by atoms with E-state index in [1.165, 1.54) is 19.3 Å². The zero-order chi connectivity index (χ0) is 9.97. The smallest absolute Gasteiger partial charge is 0.205 e. The highest BCUT2D eigenvalue weighted by Gasteiger charge is 2.26. The standard InChI is InChI=1S/C10H16ClN3/c1-13-8-6-12-10(13)14(7-5-11)9-3-2-4-9/h6,8-9H,2-5,7H2,1H3. The van der Waals surface area contributed by atoms with Crippen molar-refractivity contribution in [3.63, 3.8) is 0 Å². The lowest BCUT2D eigenvalue weighted by Crippen LogP contribution is -2.42. The molecule has 2 rings (SSSR count). The van der Waals surface area contributed by atoms with Crippen LogP contribution in [0.25, 0.3) is 0 Å². The van der Waals surface area contributed by atoms with E-state index in [0.717, 1.165) is 12.5 Å². The third-order valence-corrected chi connectivity index (χ3v) is 3.06. The first-order valence-corrected chi connectivity index (χ1v) is 5.66. The van der Waals surface area contributed by atoms with Crippen molar-refractivity contribution < 1.29 is 0 Å². The summed E-state index contributed by atoms with van der Waals surface area (Å²) in [6.07, 6.45) is 7.73. The van der Waals surface area contributed by atoms with Gasteiger partial charge in [0.2, 0.25) is 5.95 Å². The number of halogens is 1. The van der Waals surface area contributed by atoms with Gasteiger partial charge in [0.15, 0.2) is 0 Å². The quantitative estimate of drug-likeness (QED) is 0.714. The third-order valence-electron chi connectivity index (χ3n) is 2.89. The Balaban J connectivity index is 2.13. The Kier molecular flexibility index (Phi) is 2.96. The molecule has 78 valence electrons. The van der Waals surface area contributed by atoms with E-state index in [4.69, 9.17) is 11.6 Å². The maximum atomic E-state index is 5.81. The molecule has 0 saturated heterocycles. The van der Waals surface area contributed by atoms with E-state index >= 15 is 0 Å². The zero-order valence-corrected chi connectivity index (χ0v) is 9.24. The highest BCUT2D eigenvalue weighted by Crippen LogP contribution is 2.28. The lowest BCUT2D eigenvalue weighted by Gasteiger charge is -2.37. The molecule has 3 nitrogen and oxygen atoms in total. The second kappa shape index (κ2) is 4.22. The summed E-state index contributed by atoms with van der Waals surface area (Å²) in [5.74, 6) is 1.72. The van der Waals surface area contributed by atoms with Crippen molar-refractivity contribution in [1.82, 2.24) is 9.55 Å². The van der Waals surface area contributed by atoms with Crippen molar-refractivity contribution in [2.45, 2.75) is 25.3 Å². The van der Waals surface area contributed by atoms with E-state index in [0.29, 0.717) is 11.9 Å². The molecule has 0 unspecified atom stereocenters. The summed E-state index contributed by atoms with van der Waals surface area (Å²) in [4.78, 5) is 6.70. The predicted octanol–water partition coefficient (Wildman–Crippen LogP) is 2.02. The van der Waals surface area contributed by atoms with Gasteiger partial charge in [-0.1, -0.05) is 0 Å². The van der Waals surface area contributed by atoms with Crippen LogP contribution < -0.4 is 4.90 Å². The topological polar surface area (TPSA) is 21.1 Å². The van der Waals surface area contributed by atoms with E-state index < -0.39 is 0 Å². The Labute approximate surface area is 89.7 Å². The number of anilines is 1. The molecule has 1 heterocycles. The van der Waals surface area contributed by atoms with Crippen LogP contribution in [-0.4, -0.2) is 28.0 Å². The van der Waals surface area contributed by atoms with Gasteiger partial charge >= 0.3 is 0 Å². The van der Waals surface area contributed by atoms with Gasteiger partial charge in [-0.3, -0.25) is 0 Å². The summed E-state index contributed by atoms with van der Waals surface area (Å²) in [6.45, 7) is 0.900. The summed E-state index contributed by atoms with van der Waals surface area (Å²) in [7, 11) is 2.03. The summed E-state index contributed by atoms with van der Waals surface area (Å²) < 4.78 is 2.06. The molecule has 1 saturated carbocycles. The van der Waals surface area contributed by atoms with E-state index in [-0.39, 0.29) is 0 Å². The normalized spacial score (nSPS) is 16.7. The van der Waals surface area contributed by atoms with Gasteiger partial charge in [-0.2, -0.15) is 0 Å². The molecule has 1 aliphatic carbocycles.